The zero-order valence-corrected chi connectivity index (χ0v) is 11.0. The van der Waals surface area contributed by atoms with Crippen LogP contribution in [0.3, 0.4) is 0 Å². The quantitative estimate of drug-likeness (QED) is 0.712. The first-order chi connectivity index (χ1) is 8.58. The maximum Gasteiger partial charge on any atom is 0.306 e. The third-order valence-corrected chi connectivity index (χ3v) is 4.61. The number of rotatable bonds is 6. The maximum absolute atomic E-state index is 12.0. The predicted molar refractivity (Wildman–Crippen MR) is 68.0 cm³/mol. The summed E-state index contributed by atoms with van der Waals surface area (Å²) in [5.74, 6) is 0.773. The van der Waals surface area contributed by atoms with E-state index < -0.39 is 5.97 Å². The zero-order chi connectivity index (χ0) is 13.1. The fourth-order valence-corrected chi connectivity index (χ4v) is 3.44. The van der Waals surface area contributed by atoms with Crippen LogP contribution in [0.15, 0.2) is 0 Å². The molecular weight excluding hydrogens is 230 g/mol. The Labute approximate surface area is 108 Å². The molecule has 2 bridgehead atoms. The molecule has 2 fully saturated rings. The number of carbonyl (C=O) groups excluding carboxylic acids is 1. The van der Waals surface area contributed by atoms with Gasteiger partial charge in [0.05, 0.1) is 5.92 Å². The van der Waals surface area contributed by atoms with Gasteiger partial charge in [-0.25, -0.2) is 0 Å². The van der Waals surface area contributed by atoms with Crippen LogP contribution in [-0.4, -0.2) is 23.5 Å². The molecule has 4 unspecified atom stereocenters. The van der Waals surface area contributed by atoms with Gasteiger partial charge in [0.2, 0.25) is 5.91 Å². The Morgan fingerprint density at radius 1 is 1.33 bits per heavy atom. The molecule has 2 aliphatic rings. The van der Waals surface area contributed by atoms with Crippen molar-refractivity contribution in [2.75, 3.05) is 6.54 Å². The molecule has 0 aromatic rings. The summed E-state index contributed by atoms with van der Waals surface area (Å²) in [7, 11) is 0. The fraction of sp³-hybridized carbons (Fsp3) is 0.857. The molecular formula is C14H23NO3. The molecule has 0 heterocycles. The van der Waals surface area contributed by atoms with Crippen LogP contribution >= 0.6 is 0 Å². The van der Waals surface area contributed by atoms with Crippen LogP contribution in [0, 0.1) is 23.7 Å². The minimum absolute atomic E-state index is 0.199. The molecule has 1 amide bonds. The predicted octanol–water partition coefficient (Wildman–Crippen LogP) is 2.04. The summed E-state index contributed by atoms with van der Waals surface area (Å²) in [6, 6.07) is 0. The number of fused-ring (bicyclic) bond motifs is 2. The van der Waals surface area contributed by atoms with Crippen molar-refractivity contribution < 1.29 is 14.7 Å². The van der Waals surface area contributed by atoms with E-state index in [1.165, 1.54) is 19.3 Å². The van der Waals surface area contributed by atoms with E-state index in [2.05, 4.69) is 5.32 Å². The summed E-state index contributed by atoms with van der Waals surface area (Å²) in [4.78, 5) is 22.6. The summed E-state index contributed by atoms with van der Waals surface area (Å²) in [5.41, 5.74) is 0. The third kappa shape index (κ3) is 3.03. The second kappa shape index (κ2) is 5.72. The van der Waals surface area contributed by atoms with Gasteiger partial charge in [-0.15, -0.1) is 0 Å². The summed E-state index contributed by atoms with van der Waals surface area (Å²) in [5, 5.41) is 11.7. The SMILES string of the molecule is CC(CCCNC(=O)C1CC2CCC1C2)C(=O)O. The first-order valence-electron chi connectivity index (χ1n) is 7.08. The van der Waals surface area contributed by atoms with Crippen LogP contribution in [0.4, 0.5) is 0 Å². The topological polar surface area (TPSA) is 66.4 Å². The monoisotopic (exact) mass is 253 g/mol. The molecule has 2 aliphatic carbocycles. The Morgan fingerprint density at radius 2 is 2.11 bits per heavy atom. The van der Waals surface area contributed by atoms with Crippen molar-refractivity contribution in [3.63, 3.8) is 0 Å². The Bertz CT molecular complexity index is 329. The molecule has 4 atom stereocenters. The minimum atomic E-state index is -0.755. The van der Waals surface area contributed by atoms with E-state index in [9.17, 15) is 9.59 Å². The van der Waals surface area contributed by atoms with Crippen LogP contribution in [0.5, 0.6) is 0 Å². The first-order valence-corrected chi connectivity index (χ1v) is 7.08. The lowest BCUT2D eigenvalue weighted by molar-refractivity contribution is -0.141. The number of carboxylic acids is 1. The molecule has 2 rings (SSSR count). The molecule has 2 saturated carbocycles. The van der Waals surface area contributed by atoms with Gasteiger partial charge >= 0.3 is 5.97 Å². The minimum Gasteiger partial charge on any atom is -0.481 e. The van der Waals surface area contributed by atoms with E-state index in [-0.39, 0.29) is 17.7 Å². The molecule has 0 saturated heterocycles. The first kappa shape index (κ1) is 13.4. The van der Waals surface area contributed by atoms with E-state index in [1.807, 2.05) is 0 Å². The number of carbonyl (C=O) groups is 2. The lowest BCUT2D eigenvalue weighted by atomic mass is 9.88. The highest BCUT2D eigenvalue weighted by Gasteiger charge is 2.42. The van der Waals surface area contributed by atoms with Gasteiger partial charge < -0.3 is 10.4 Å². The molecule has 0 aliphatic heterocycles. The molecule has 2 N–H and O–H groups in total. The Hall–Kier alpha value is -1.06. The molecule has 0 aromatic heterocycles. The molecule has 18 heavy (non-hydrogen) atoms. The lowest BCUT2D eigenvalue weighted by Gasteiger charge is -2.20. The number of carboxylic acid groups (broad SMARTS) is 1. The van der Waals surface area contributed by atoms with E-state index in [0.29, 0.717) is 18.9 Å². The largest absolute Gasteiger partial charge is 0.481 e. The van der Waals surface area contributed by atoms with E-state index in [1.54, 1.807) is 6.92 Å². The Morgan fingerprint density at radius 3 is 2.67 bits per heavy atom. The second-order valence-electron chi connectivity index (χ2n) is 5.95. The van der Waals surface area contributed by atoms with Crippen LogP contribution in [0.25, 0.3) is 0 Å². The van der Waals surface area contributed by atoms with Gasteiger partial charge in [0, 0.05) is 12.5 Å². The Kier molecular flexibility index (Phi) is 4.25. The highest BCUT2D eigenvalue weighted by molar-refractivity contribution is 5.79. The summed E-state index contributed by atoms with van der Waals surface area (Å²) in [6.45, 7) is 2.32. The van der Waals surface area contributed by atoms with Gasteiger partial charge in [-0.3, -0.25) is 9.59 Å². The van der Waals surface area contributed by atoms with E-state index in [0.717, 1.165) is 18.8 Å². The van der Waals surface area contributed by atoms with Crippen molar-refractivity contribution in [2.45, 2.75) is 45.4 Å². The molecule has 4 nitrogen and oxygen atoms in total. The van der Waals surface area contributed by atoms with Crippen molar-refractivity contribution in [1.82, 2.24) is 5.32 Å². The van der Waals surface area contributed by atoms with E-state index >= 15 is 0 Å². The summed E-state index contributed by atoms with van der Waals surface area (Å²) >= 11 is 0. The van der Waals surface area contributed by atoms with Crippen molar-refractivity contribution >= 4 is 11.9 Å². The number of hydrogen-bond acceptors (Lipinski definition) is 2. The van der Waals surface area contributed by atoms with Crippen LogP contribution in [0.2, 0.25) is 0 Å². The average Bonchev–Trinajstić information content (AvgIpc) is 2.95. The van der Waals surface area contributed by atoms with Gasteiger partial charge in [0.1, 0.15) is 0 Å². The average molecular weight is 253 g/mol. The summed E-state index contributed by atoms with van der Waals surface area (Å²) < 4.78 is 0. The van der Waals surface area contributed by atoms with Crippen molar-refractivity contribution in [2.24, 2.45) is 23.7 Å². The maximum atomic E-state index is 12.0. The number of aliphatic carboxylic acids is 1. The van der Waals surface area contributed by atoms with Crippen LogP contribution in [-0.2, 0) is 9.59 Å². The molecule has 4 heteroatoms. The number of nitrogens with one attached hydrogen (secondary N) is 1. The molecule has 0 spiro atoms. The van der Waals surface area contributed by atoms with E-state index in [4.69, 9.17) is 5.11 Å². The smallest absolute Gasteiger partial charge is 0.306 e. The highest BCUT2D eigenvalue weighted by atomic mass is 16.4. The third-order valence-electron chi connectivity index (χ3n) is 4.61. The standard InChI is InChI=1S/C14H23NO3/c1-9(14(17)18)3-2-6-15-13(16)12-8-10-4-5-11(12)7-10/h9-12H,2-8H2,1H3,(H,15,16)(H,17,18). The van der Waals surface area contributed by atoms with Gasteiger partial charge in [-0.05, 0) is 43.9 Å². The Balaban J connectivity index is 1.62. The van der Waals surface area contributed by atoms with Crippen LogP contribution < -0.4 is 5.32 Å². The van der Waals surface area contributed by atoms with Gasteiger partial charge in [-0.2, -0.15) is 0 Å². The zero-order valence-electron chi connectivity index (χ0n) is 11.0. The summed E-state index contributed by atoms with van der Waals surface area (Å²) in [6.07, 6.45) is 6.23. The number of hydrogen-bond donors (Lipinski definition) is 2. The van der Waals surface area contributed by atoms with Gasteiger partial charge in [0.15, 0.2) is 0 Å². The molecule has 0 aromatic carbocycles. The normalized spacial score (nSPS) is 31.3. The highest BCUT2D eigenvalue weighted by Crippen LogP contribution is 2.48. The van der Waals surface area contributed by atoms with Crippen molar-refractivity contribution in [1.29, 1.82) is 0 Å². The van der Waals surface area contributed by atoms with Crippen molar-refractivity contribution in [3.8, 4) is 0 Å². The molecule has 102 valence electrons. The second-order valence-corrected chi connectivity index (χ2v) is 5.95. The van der Waals surface area contributed by atoms with Gasteiger partial charge in [0.25, 0.3) is 0 Å². The lowest BCUT2D eigenvalue weighted by Crippen LogP contribution is -2.34. The fourth-order valence-electron chi connectivity index (χ4n) is 3.44. The van der Waals surface area contributed by atoms with Crippen molar-refractivity contribution in [3.05, 3.63) is 0 Å². The number of amides is 1. The molecule has 0 radical (unpaired) electrons. The van der Waals surface area contributed by atoms with Gasteiger partial charge in [-0.1, -0.05) is 13.3 Å². The van der Waals surface area contributed by atoms with Crippen LogP contribution in [0.1, 0.15) is 45.4 Å².